The van der Waals surface area contributed by atoms with E-state index < -0.39 is 81.7 Å². The predicted molar refractivity (Wildman–Crippen MR) is 433 cm³/mol. The fraction of sp³-hybridized carbons (Fsp3) is 0.727. The van der Waals surface area contributed by atoms with Crippen molar-refractivity contribution in [3.8, 4) is 0 Å². The highest BCUT2D eigenvalue weighted by Gasteiger charge is 2.52. The minimum Gasteiger partial charge on any atom is -0.330 e. The molecule has 0 aromatic carbocycles. The third-order valence-electron chi connectivity index (χ3n) is 25.0. The normalized spacial score (nSPS) is 36.4. The molecule has 8 aliphatic heterocycles. The summed E-state index contributed by atoms with van der Waals surface area (Å²) < 4.78 is 86.4. The molecule has 8 rings (SSSR count). The zero-order valence-corrected chi connectivity index (χ0v) is 71.1. The Labute approximate surface area is 649 Å². The van der Waals surface area contributed by atoms with Crippen LogP contribution in [0.2, 0.25) is 2.82 Å². The molecule has 0 saturated carbocycles. The number of amides is 8. The lowest BCUT2D eigenvalue weighted by molar-refractivity contribution is -0.138. The summed E-state index contributed by atoms with van der Waals surface area (Å²) in [7, 11) is 0. The highest BCUT2D eigenvalue weighted by Crippen LogP contribution is 2.51. The molecule has 0 aromatic rings. The molecule has 0 aromatic heterocycles. The zero-order chi connectivity index (χ0) is 91.9. The lowest BCUT2D eigenvalue weighted by Crippen LogP contribution is -2.49. The highest BCUT2D eigenvalue weighted by atomic mass is 16.2. The molecule has 8 N–H and O–H groups in total. The molecule has 0 aliphatic carbocycles. The van der Waals surface area contributed by atoms with Crippen molar-refractivity contribution in [3.63, 3.8) is 0 Å². The molecule has 8 heterocycles. The van der Waals surface area contributed by atoms with Crippen molar-refractivity contribution in [2.75, 3.05) is 0 Å². The molecule has 16 heteroatoms. The Balaban J connectivity index is 0.000000657. The SMILES string of the molecule is C=C1CCC(C)(C(C)(C)C)C(=O)N1.[2H]C1([2H])CC(=C)NC(=O)C1(C)C(C)(C)C.[2H]C1([2H])CC(C)(C(C)(C)C)C(=O)NC1=C.[2H]C1C(=C)NC(=O)C(C)(C(C)(C)C)C1[2H].[2H]C1CC(=C)NC(=O)C1(C)C(C)(C)C.[2H]C1CC(C)(C(C)(C)C)C(=O)N([2H])C1=C.[2H]C1CC(C)(C(C)(C)C)C(=O)NC1=C.[2H]N1C(=C)CCC(C)(C(C)(C)C)C1=O. The monoisotopic (exact) mass is 1460 g/mol. The number of piperidine rings is 8. The first kappa shape index (κ1) is 77.3. The number of nitrogens with one attached hydrogen (secondary N) is 8. The van der Waals surface area contributed by atoms with Crippen LogP contribution < -0.4 is 42.5 Å². The second-order valence-corrected chi connectivity index (χ2v) is 39.4. The van der Waals surface area contributed by atoms with Gasteiger partial charge in [-0.15, -0.1) is 0 Å². The summed E-state index contributed by atoms with van der Waals surface area (Å²) in [4.78, 5) is 95.4. The molecule has 8 aliphatic rings. The van der Waals surface area contributed by atoms with E-state index in [1.165, 1.54) is 0 Å². The summed E-state index contributed by atoms with van der Waals surface area (Å²) >= 11 is 0. The summed E-state index contributed by atoms with van der Waals surface area (Å²) in [6.07, 6.45) is -0.630. The summed E-state index contributed by atoms with van der Waals surface area (Å²) in [5.74, 6) is -0.907. The molecule has 13 atom stereocenters. The lowest BCUT2D eigenvalue weighted by Gasteiger charge is -2.43. The molecule has 8 fully saturated rings. The Bertz CT molecular complexity index is 3750. The summed E-state index contributed by atoms with van der Waals surface area (Å²) in [5, 5.41) is 17.9. The van der Waals surface area contributed by atoms with Crippen molar-refractivity contribution in [3.05, 3.63) is 98.2 Å². The molecule has 104 heavy (non-hydrogen) atoms. The lowest BCUT2D eigenvalue weighted by atomic mass is 9.63. The molecule has 0 radical (unpaired) electrons. The van der Waals surface area contributed by atoms with Crippen LogP contribution in [0.15, 0.2) is 98.2 Å². The predicted octanol–water partition coefficient (Wildman–Crippen LogP) is 19.7. The second kappa shape index (κ2) is 33.9. The summed E-state index contributed by atoms with van der Waals surface area (Å²) in [5.41, 5.74) is -2.83. The van der Waals surface area contributed by atoms with E-state index in [1.54, 1.807) is 13.8 Å². The largest absolute Gasteiger partial charge is 0.330 e. The van der Waals surface area contributed by atoms with E-state index in [9.17, 15) is 38.4 Å². The van der Waals surface area contributed by atoms with Gasteiger partial charge in [0.05, 0.1) is 43.3 Å². The van der Waals surface area contributed by atoms with Crippen molar-refractivity contribution < 1.29 is 53.5 Å². The van der Waals surface area contributed by atoms with Crippen LogP contribution in [-0.2, 0) is 38.4 Å². The zero-order valence-electron chi connectivity index (χ0n) is 82.1. The molecular formula is C88H152N8O8. The van der Waals surface area contributed by atoms with Crippen LogP contribution in [0.3, 0.4) is 0 Å². The van der Waals surface area contributed by atoms with Gasteiger partial charge in [-0.3, -0.25) is 38.4 Å². The molecule has 8 saturated heterocycles. The Morgan fingerprint density at radius 1 is 0.260 bits per heavy atom. The maximum atomic E-state index is 12.0. The minimum atomic E-state index is -1.55. The number of carbonyl (C=O) groups is 8. The van der Waals surface area contributed by atoms with E-state index in [0.717, 1.165) is 42.0 Å². The average Bonchev–Trinajstić information content (AvgIpc) is 0.746. The Morgan fingerprint density at radius 2 is 0.500 bits per heavy atom. The highest BCUT2D eigenvalue weighted by molar-refractivity contribution is 5.89. The van der Waals surface area contributed by atoms with Crippen molar-refractivity contribution in [2.24, 2.45) is 86.6 Å². The Kier molecular flexibility index (Phi) is 25.2. The van der Waals surface area contributed by atoms with E-state index in [1.807, 2.05) is 187 Å². The van der Waals surface area contributed by atoms with Crippen LogP contribution in [0.5, 0.6) is 0 Å². The maximum Gasteiger partial charge on any atom is 0.230 e. The van der Waals surface area contributed by atoms with Gasteiger partial charge in [-0.2, -0.15) is 0 Å². The van der Waals surface area contributed by atoms with Gasteiger partial charge in [-0.1, -0.05) is 274 Å². The number of hydrogen-bond donors (Lipinski definition) is 8. The van der Waals surface area contributed by atoms with Gasteiger partial charge in [0, 0.05) is 57.9 Å². The van der Waals surface area contributed by atoms with Crippen molar-refractivity contribution in [1.82, 2.24) is 42.5 Å². The van der Waals surface area contributed by atoms with Crippen LogP contribution >= 0.6 is 0 Å². The van der Waals surface area contributed by atoms with E-state index in [2.05, 4.69) is 105 Å². The first-order valence-corrected chi connectivity index (χ1v) is 36.7. The van der Waals surface area contributed by atoms with Crippen LogP contribution in [0.1, 0.15) is 336 Å². The average molecular weight is 1460 g/mol. The number of allylic oxidation sites excluding steroid dienone is 8. The van der Waals surface area contributed by atoms with Crippen LogP contribution in [0.4, 0.5) is 0 Å². The first-order valence-electron chi connectivity index (χ1n) is 42.5. The number of carbonyl (C=O) groups excluding carboxylic acids is 8. The molecule has 0 bridgehead atoms. The number of rotatable bonds is 0. The maximum absolute atomic E-state index is 12.0. The quantitative estimate of drug-likeness (QED) is 0.116. The molecular weight excluding hydrogens is 1300 g/mol. The van der Waals surface area contributed by atoms with Gasteiger partial charge in [0.2, 0.25) is 47.3 Å². The van der Waals surface area contributed by atoms with Crippen molar-refractivity contribution in [1.29, 1.82) is 0 Å². The van der Waals surface area contributed by atoms with Gasteiger partial charge >= 0.3 is 0 Å². The van der Waals surface area contributed by atoms with E-state index in [-0.39, 0.29) is 121 Å². The van der Waals surface area contributed by atoms with Gasteiger partial charge in [0.1, 0.15) is 0 Å². The van der Waals surface area contributed by atoms with Gasteiger partial charge in [-0.05, 0) is 146 Å². The topological polar surface area (TPSA) is 233 Å². The second-order valence-electron chi connectivity index (χ2n) is 39.4. The summed E-state index contributed by atoms with van der Waals surface area (Å²) in [6, 6.07) is 0. The van der Waals surface area contributed by atoms with Crippen LogP contribution in [-0.4, -0.2) is 47.3 Å². The van der Waals surface area contributed by atoms with Gasteiger partial charge in [-0.25, -0.2) is 0 Å². The third kappa shape index (κ3) is 22.9. The summed E-state index contributed by atoms with van der Waals surface area (Å²) in [6.45, 7) is 92.0. The first-order chi connectivity index (χ1) is 50.6. The van der Waals surface area contributed by atoms with E-state index in [4.69, 9.17) is 15.2 Å². The molecule has 16 nitrogen and oxygen atoms in total. The molecule has 592 valence electrons. The molecule has 13 unspecified atom stereocenters. The fourth-order valence-electron chi connectivity index (χ4n) is 11.1. The van der Waals surface area contributed by atoms with E-state index in [0.29, 0.717) is 47.7 Å². The van der Waals surface area contributed by atoms with E-state index >= 15 is 0 Å². The third-order valence-corrected chi connectivity index (χ3v) is 25.0. The fourth-order valence-corrected chi connectivity index (χ4v) is 11.1. The number of hydrogen-bond acceptors (Lipinski definition) is 8. The Hall–Kier alpha value is -6.32. The standard InChI is InChI=1S/8C11H19NO/c8*1-8-6-7-11(5,9(13)12-8)10(2,3)4/h8*1,6-7H2,2-5H3,(H,12,13)/i6D,7D;7D2;7D;6D2;2*6D;;/hD2. The molecule has 0 spiro atoms. The van der Waals surface area contributed by atoms with Gasteiger partial charge in [0.25, 0.3) is 0 Å². The van der Waals surface area contributed by atoms with Crippen LogP contribution in [0.25, 0.3) is 0 Å². The van der Waals surface area contributed by atoms with Gasteiger partial charge < -0.3 is 42.5 Å². The Morgan fingerprint density at radius 3 is 0.856 bits per heavy atom. The van der Waals surface area contributed by atoms with Crippen molar-refractivity contribution >= 4 is 47.3 Å². The smallest absolute Gasteiger partial charge is 0.230 e. The van der Waals surface area contributed by atoms with Crippen LogP contribution in [0, 0.1) is 86.6 Å². The van der Waals surface area contributed by atoms with Crippen molar-refractivity contribution in [2.45, 2.75) is 324 Å². The molecule has 8 amide bonds. The van der Waals surface area contributed by atoms with Gasteiger partial charge in [0.15, 0.2) is 2.82 Å². The minimum absolute atomic E-state index is 0.00139.